The summed E-state index contributed by atoms with van der Waals surface area (Å²) in [5, 5.41) is 27.5. The number of halogens is 6. The Morgan fingerprint density at radius 1 is 1.26 bits per heavy atom. The van der Waals surface area contributed by atoms with E-state index in [1.165, 1.54) is 6.07 Å². The second-order valence-electron chi connectivity index (χ2n) is 6.72. The Hall–Kier alpha value is -3.96. The second kappa shape index (κ2) is 10.1. The molecule has 3 rings (SSSR count). The Bertz CT molecular complexity index is 1350. The van der Waals surface area contributed by atoms with E-state index in [9.17, 15) is 32.0 Å². The number of rotatable bonds is 7. The van der Waals surface area contributed by atoms with Gasteiger partial charge in [0.05, 0.1) is 18.5 Å². The molecule has 35 heavy (non-hydrogen) atoms. The zero-order valence-electron chi connectivity index (χ0n) is 17.2. The van der Waals surface area contributed by atoms with E-state index in [1.54, 1.807) is 0 Å². The molecule has 0 radical (unpaired) electrons. The maximum Gasteiger partial charge on any atom is 0.437 e. The van der Waals surface area contributed by atoms with E-state index in [0.717, 1.165) is 24.4 Å². The van der Waals surface area contributed by atoms with Crippen LogP contribution in [-0.4, -0.2) is 33.1 Å². The van der Waals surface area contributed by atoms with Crippen molar-refractivity contribution in [3.8, 4) is 23.3 Å². The first kappa shape index (κ1) is 25.7. The lowest BCUT2D eigenvalue weighted by atomic mass is 10.2. The van der Waals surface area contributed by atoms with Crippen LogP contribution in [-0.2, 0) is 12.7 Å². The third kappa shape index (κ3) is 5.58. The minimum atomic E-state index is -5.21. The number of pyridine rings is 1. The molecule has 0 unspecified atom stereocenters. The minimum Gasteiger partial charge on any atom is -0.485 e. The first-order valence-corrected chi connectivity index (χ1v) is 9.74. The predicted molar refractivity (Wildman–Crippen MR) is 105 cm³/mol. The summed E-state index contributed by atoms with van der Waals surface area (Å²) in [6, 6.07) is 3.89. The fourth-order valence-corrected chi connectivity index (χ4v) is 3.02. The smallest absolute Gasteiger partial charge is 0.437 e. The fourth-order valence-electron chi connectivity index (χ4n) is 2.81. The Kier molecular flexibility index (Phi) is 7.42. The van der Waals surface area contributed by atoms with Crippen molar-refractivity contribution in [2.24, 2.45) is 0 Å². The van der Waals surface area contributed by atoms with Crippen molar-refractivity contribution in [2.45, 2.75) is 12.7 Å². The maximum absolute atomic E-state index is 14.5. The minimum absolute atomic E-state index is 0.186. The number of alkyl halides is 3. The van der Waals surface area contributed by atoms with Gasteiger partial charge in [0.15, 0.2) is 23.0 Å². The van der Waals surface area contributed by atoms with E-state index >= 15 is 0 Å². The molecule has 184 valence electrons. The van der Waals surface area contributed by atoms with E-state index in [1.807, 2.05) is 0 Å². The van der Waals surface area contributed by atoms with Gasteiger partial charge in [0.25, 0.3) is 17.5 Å². The van der Waals surface area contributed by atoms with Gasteiger partial charge in [0, 0.05) is 21.9 Å². The Balaban J connectivity index is 2.09. The molecule has 0 spiro atoms. The number of aliphatic hydroxyl groups is 1. The van der Waals surface area contributed by atoms with Gasteiger partial charge in [-0.05, 0) is 6.07 Å². The van der Waals surface area contributed by atoms with Crippen LogP contribution in [0.15, 0.2) is 35.5 Å². The van der Waals surface area contributed by atoms with Gasteiger partial charge >= 0.3 is 6.18 Å². The van der Waals surface area contributed by atoms with Crippen molar-refractivity contribution < 1.29 is 46.5 Å². The monoisotopic (exact) mass is 519 g/mol. The largest absolute Gasteiger partial charge is 0.485 e. The summed E-state index contributed by atoms with van der Waals surface area (Å²) in [4.78, 5) is 16.0. The van der Waals surface area contributed by atoms with E-state index in [2.05, 4.69) is 4.98 Å². The topological polar surface area (TPSA) is 121 Å². The van der Waals surface area contributed by atoms with Crippen LogP contribution in [0, 0.1) is 23.0 Å². The van der Waals surface area contributed by atoms with Crippen molar-refractivity contribution >= 4 is 11.6 Å². The molecular formula is C20H13ClF5N4O5+. The van der Waals surface area contributed by atoms with Gasteiger partial charge in [-0.2, -0.15) is 22.8 Å². The van der Waals surface area contributed by atoms with Crippen LogP contribution in [0.25, 0.3) is 0 Å². The Labute approximate surface area is 197 Å². The van der Waals surface area contributed by atoms with E-state index < -0.39 is 65.0 Å². The molecular weight excluding hydrogens is 507 g/mol. The summed E-state index contributed by atoms with van der Waals surface area (Å²) in [5.74, 6) is -5.11. The van der Waals surface area contributed by atoms with Crippen LogP contribution in [0.3, 0.4) is 0 Å². The van der Waals surface area contributed by atoms with Crippen LogP contribution in [0.1, 0.15) is 17.0 Å². The van der Waals surface area contributed by atoms with Crippen LogP contribution in [0.4, 0.5) is 22.0 Å². The molecule has 15 heteroatoms. The van der Waals surface area contributed by atoms with Crippen molar-refractivity contribution in [2.75, 3.05) is 13.2 Å². The van der Waals surface area contributed by atoms with E-state index in [4.69, 9.17) is 31.4 Å². The van der Waals surface area contributed by atoms with E-state index in [0.29, 0.717) is 10.9 Å². The molecule has 2 aromatic heterocycles. The molecule has 0 saturated carbocycles. The molecule has 0 aliphatic rings. The fraction of sp³-hybridized carbons (Fsp3) is 0.200. The number of aromatic nitrogens is 3. The molecule has 0 fully saturated rings. The Morgan fingerprint density at radius 2 is 1.97 bits per heavy atom. The summed E-state index contributed by atoms with van der Waals surface area (Å²) in [7, 11) is 0. The van der Waals surface area contributed by atoms with Gasteiger partial charge in [0.1, 0.15) is 19.2 Å². The van der Waals surface area contributed by atoms with Gasteiger partial charge in [-0.1, -0.05) is 11.6 Å². The van der Waals surface area contributed by atoms with Gasteiger partial charge < -0.3 is 14.6 Å². The van der Waals surface area contributed by atoms with Crippen LogP contribution >= 0.6 is 11.6 Å². The average molecular weight is 520 g/mol. The Morgan fingerprint density at radius 3 is 2.57 bits per heavy atom. The van der Waals surface area contributed by atoms with Crippen molar-refractivity contribution in [3.05, 3.63) is 74.7 Å². The highest BCUT2D eigenvalue weighted by Gasteiger charge is 2.39. The normalized spacial score (nSPS) is 11.3. The average Bonchev–Trinajstić information content (AvgIpc) is 2.78. The third-order valence-corrected chi connectivity index (χ3v) is 4.57. The molecule has 2 heterocycles. The molecule has 9 nitrogen and oxygen atoms in total. The third-order valence-electron chi connectivity index (χ3n) is 4.35. The van der Waals surface area contributed by atoms with Crippen molar-refractivity contribution in [3.63, 3.8) is 0 Å². The van der Waals surface area contributed by atoms with Crippen LogP contribution < -0.4 is 19.8 Å². The first-order chi connectivity index (χ1) is 16.5. The molecule has 0 amide bonds. The van der Waals surface area contributed by atoms with E-state index in [-0.39, 0.29) is 22.1 Å². The molecule has 0 saturated heterocycles. The highest BCUT2D eigenvalue weighted by molar-refractivity contribution is 6.30. The highest BCUT2D eigenvalue weighted by atomic mass is 35.5. The molecule has 0 aliphatic heterocycles. The quantitative estimate of drug-likeness (QED) is 0.280. The summed E-state index contributed by atoms with van der Waals surface area (Å²) < 4.78 is 80.0. The summed E-state index contributed by atoms with van der Waals surface area (Å²) in [5.41, 5.74) is -4.57. The second-order valence-corrected chi connectivity index (χ2v) is 7.16. The molecule has 0 bridgehead atoms. The van der Waals surface area contributed by atoms with Crippen LogP contribution in [0.2, 0.25) is 5.02 Å². The molecule has 0 atom stereocenters. The van der Waals surface area contributed by atoms with Crippen molar-refractivity contribution in [1.82, 2.24) is 9.55 Å². The summed E-state index contributed by atoms with van der Waals surface area (Å²) in [6.45, 7) is -1.44. The number of aliphatic hydroxyl groups excluding tert-OH is 1. The number of nitriles is 1. The first-order valence-electron chi connectivity index (χ1n) is 9.36. The lowest BCUT2D eigenvalue weighted by molar-refractivity contribution is -0.910. The van der Waals surface area contributed by atoms with Crippen LogP contribution in [0.5, 0.6) is 17.2 Å². The number of nitrogens with zero attached hydrogens (tertiary/aromatic N) is 4. The van der Waals surface area contributed by atoms with Gasteiger partial charge in [0.2, 0.25) is 11.6 Å². The van der Waals surface area contributed by atoms with Gasteiger partial charge in [-0.15, -0.1) is 0 Å². The molecule has 3 aromatic rings. The highest BCUT2D eigenvalue weighted by Crippen LogP contribution is 2.36. The van der Waals surface area contributed by atoms with Gasteiger partial charge in [-0.25, -0.2) is 9.37 Å². The number of benzene rings is 1. The SMILES string of the molecule is N#Cc1cc(Cl)cc(Oc2c(C(F)(F)F)ncn(Cc3c(F)cc(OCCO)c[n+]3O)c2=O)c1F. The standard InChI is InChI=1S/C20H13ClF5N4O5/c21-11-3-10(6-27)16(23)15(4-11)35-17-18(20(24,25)26)28-9-29(19(17)32)8-14-13(22)5-12(7-30(14)33)34-2-1-31/h3-5,7,9,31,33H,1-2,8H2/q+1. The number of hydrogen-bond donors (Lipinski definition) is 2. The molecule has 2 N–H and O–H groups in total. The lowest BCUT2D eigenvalue weighted by Gasteiger charge is -2.15. The summed E-state index contributed by atoms with van der Waals surface area (Å²) in [6.07, 6.45) is -3.89. The number of hydrogen-bond acceptors (Lipinski definition) is 7. The molecule has 0 aliphatic carbocycles. The summed E-state index contributed by atoms with van der Waals surface area (Å²) >= 11 is 5.74. The van der Waals surface area contributed by atoms with Gasteiger partial charge in [-0.3, -0.25) is 14.6 Å². The lowest BCUT2D eigenvalue weighted by Crippen LogP contribution is -2.39. The number of ether oxygens (including phenoxy) is 2. The zero-order valence-corrected chi connectivity index (χ0v) is 17.9. The predicted octanol–water partition coefficient (Wildman–Crippen LogP) is 2.80. The maximum atomic E-state index is 14.5. The van der Waals surface area contributed by atoms with Crippen molar-refractivity contribution in [1.29, 1.82) is 5.26 Å². The zero-order chi connectivity index (χ0) is 25.9. The molecule has 1 aromatic carbocycles.